The van der Waals surface area contributed by atoms with E-state index >= 15 is 0 Å². The molecule has 2 atom stereocenters. The van der Waals surface area contributed by atoms with E-state index in [0.717, 1.165) is 22.5 Å². The zero-order valence-corrected chi connectivity index (χ0v) is 14.1. The third kappa shape index (κ3) is 2.65. The van der Waals surface area contributed by atoms with Crippen LogP contribution in [-0.2, 0) is 16.0 Å². The molecule has 2 aromatic rings. The Kier molecular flexibility index (Phi) is 3.81. The molecule has 7 heteroatoms. The Morgan fingerprint density at radius 3 is 2.96 bits per heavy atom. The fourth-order valence-electron chi connectivity index (χ4n) is 3.49. The van der Waals surface area contributed by atoms with E-state index in [9.17, 15) is 9.59 Å². The van der Waals surface area contributed by atoms with E-state index in [-0.39, 0.29) is 24.1 Å². The number of pyridine rings is 1. The summed E-state index contributed by atoms with van der Waals surface area (Å²) < 4.78 is 5.41. The maximum atomic E-state index is 12.2. The van der Waals surface area contributed by atoms with Crippen molar-refractivity contribution in [2.45, 2.75) is 25.5 Å². The van der Waals surface area contributed by atoms with Crippen molar-refractivity contribution in [1.29, 1.82) is 5.26 Å². The van der Waals surface area contributed by atoms with Crippen LogP contribution in [0.5, 0.6) is 0 Å². The zero-order chi connectivity index (χ0) is 18.3. The third-order valence-electron chi connectivity index (χ3n) is 4.72. The van der Waals surface area contributed by atoms with Gasteiger partial charge >= 0.3 is 6.09 Å². The van der Waals surface area contributed by atoms with Gasteiger partial charge in [-0.1, -0.05) is 6.07 Å². The lowest BCUT2D eigenvalue weighted by Crippen LogP contribution is -2.40. The van der Waals surface area contributed by atoms with Gasteiger partial charge in [-0.25, -0.2) is 4.79 Å². The number of ether oxygens (including phenoxy) is 1. The van der Waals surface area contributed by atoms with Gasteiger partial charge in [0.05, 0.1) is 29.5 Å². The lowest BCUT2D eigenvalue weighted by atomic mass is 10.0. The molecule has 7 nitrogen and oxygen atoms in total. The van der Waals surface area contributed by atoms with Gasteiger partial charge in [-0.3, -0.25) is 14.7 Å². The minimum Gasteiger partial charge on any atom is -0.442 e. The van der Waals surface area contributed by atoms with Crippen LogP contribution in [0.15, 0.2) is 36.5 Å². The average molecular weight is 348 g/mol. The summed E-state index contributed by atoms with van der Waals surface area (Å²) in [5.74, 6) is -0.149. The molecular formula is C19H16N4O3. The van der Waals surface area contributed by atoms with Crippen LogP contribution < -0.4 is 10.2 Å². The monoisotopic (exact) mass is 348 g/mol. The molecule has 3 heterocycles. The number of cyclic esters (lactones) is 1. The number of fused-ring (bicyclic) bond motifs is 3. The molecule has 2 aliphatic heterocycles. The summed E-state index contributed by atoms with van der Waals surface area (Å²) in [4.78, 5) is 29.4. The highest BCUT2D eigenvalue weighted by atomic mass is 16.6. The van der Waals surface area contributed by atoms with E-state index in [2.05, 4.69) is 16.4 Å². The summed E-state index contributed by atoms with van der Waals surface area (Å²) in [6.07, 6.45) is 1.46. The number of anilines is 1. The van der Waals surface area contributed by atoms with E-state index < -0.39 is 0 Å². The number of nitrogens with one attached hydrogen (secondary N) is 1. The number of nitriles is 1. The van der Waals surface area contributed by atoms with Gasteiger partial charge in [0.25, 0.3) is 0 Å². The number of amides is 2. The maximum absolute atomic E-state index is 12.2. The summed E-state index contributed by atoms with van der Waals surface area (Å²) >= 11 is 0. The van der Waals surface area contributed by atoms with Crippen molar-refractivity contribution < 1.29 is 14.3 Å². The Hall–Kier alpha value is -3.40. The molecule has 1 fully saturated rings. The van der Waals surface area contributed by atoms with Gasteiger partial charge in [0, 0.05) is 18.7 Å². The first kappa shape index (κ1) is 16.1. The van der Waals surface area contributed by atoms with Crippen LogP contribution in [0, 0.1) is 11.3 Å². The van der Waals surface area contributed by atoms with E-state index in [1.807, 2.05) is 24.3 Å². The molecule has 26 heavy (non-hydrogen) atoms. The molecule has 1 aromatic heterocycles. The molecule has 1 saturated heterocycles. The smallest absolute Gasteiger partial charge is 0.415 e. The minimum atomic E-state index is -0.381. The number of aromatic nitrogens is 1. The topological polar surface area (TPSA) is 95.3 Å². The van der Waals surface area contributed by atoms with Crippen molar-refractivity contribution in [3.63, 3.8) is 0 Å². The number of hydrogen-bond donors (Lipinski definition) is 1. The van der Waals surface area contributed by atoms with Crippen molar-refractivity contribution in [2.75, 3.05) is 11.4 Å². The number of nitrogens with zero attached hydrogens (tertiary/aromatic N) is 3. The summed E-state index contributed by atoms with van der Waals surface area (Å²) in [6, 6.07) is 11.3. The SMILES string of the molecule is CC(=O)NCC1OC(=O)N2c3ccc(-c4ccc(C#N)cn4)cc3CC12. The van der Waals surface area contributed by atoms with Crippen LogP contribution in [0.1, 0.15) is 18.1 Å². The Bertz CT molecular complexity index is 933. The van der Waals surface area contributed by atoms with Gasteiger partial charge in [0.1, 0.15) is 12.2 Å². The van der Waals surface area contributed by atoms with E-state index in [0.29, 0.717) is 18.5 Å². The van der Waals surface area contributed by atoms with E-state index in [1.54, 1.807) is 17.2 Å². The molecule has 0 spiro atoms. The van der Waals surface area contributed by atoms with Crippen molar-refractivity contribution >= 4 is 17.7 Å². The minimum absolute atomic E-state index is 0.117. The largest absolute Gasteiger partial charge is 0.442 e. The second kappa shape index (κ2) is 6.15. The van der Waals surface area contributed by atoms with Crippen LogP contribution >= 0.6 is 0 Å². The summed E-state index contributed by atoms with van der Waals surface area (Å²) in [6.45, 7) is 1.75. The number of benzene rings is 1. The van der Waals surface area contributed by atoms with Crippen molar-refractivity contribution in [3.8, 4) is 17.3 Å². The molecule has 0 bridgehead atoms. The zero-order valence-electron chi connectivity index (χ0n) is 14.1. The first-order valence-electron chi connectivity index (χ1n) is 8.30. The highest BCUT2D eigenvalue weighted by Gasteiger charge is 2.47. The Balaban J connectivity index is 1.60. The Morgan fingerprint density at radius 2 is 2.27 bits per heavy atom. The predicted octanol–water partition coefficient (Wildman–Crippen LogP) is 2.01. The van der Waals surface area contributed by atoms with Gasteiger partial charge in [-0.15, -0.1) is 0 Å². The molecule has 1 aromatic carbocycles. The van der Waals surface area contributed by atoms with Crippen LogP contribution in [0.2, 0.25) is 0 Å². The highest BCUT2D eigenvalue weighted by molar-refractivity contribution is 5.94. The summed E-state index contributed by atoms with van der Waals surface area (Å²) in [5.41, 5.74) is 4.10. The molecule has 4 rings (SSSR count). The normalized spacial score (nSPS) is 20.2. The quantitative estimate of drug-likeness (QED) is 0.915. The van der Waals surface area contributed by atoms with Crippen LogP contribution in [-0.4, -0.2) is 35.7 Å². The molecular weight excluding hydrogens is 332 g/mol. The fourth-order valence-corrected chi connectivity index (χ4v) is 3.49. The lowest BCUT2D eigenvalue weighted by molar-refractivity contribution is -0.119. The third-order valence-corrected chi connectivity index (χ3v) is 4.72. The molecule has 2 unspecified atom stereocenters. The van der Waals surface area contributed by atoms with Gasteiger partial charge < -0.3 is 10.1 Å². The molecule has 2 amide bonds. The fraction of sp³-hybridized carbons (Fsp3) is 0.263. The molecule has 0 saturated carbocycles. The van der Waals surface area contributed by atoms with Gasteiger partial charge in [0.15, 0.2) is 0 Å². The van der Waals surface area contributed by atoms with Gasteiger partial charge in [-0.05, 0) is 36.2 Å². The molecule has 130 valence electrons. The second-order valence-electron chi connectivity index (χ2n) is 6.39. The first-order chi connectivity index (χ1) is 12.6. The Labute approximate surface area is 150 Å². The predicted molar refractivity (Wildman–Crippen MR) is 93.3 cm³/mol. The highest BCUT2D eigenvalue weighted by Crippen LogP contribution is 2.40. The van der Waals surface area contributed by atoms with E-state index in [4.69, 9.17) is 10.00 Å². The summed E-state index contributed by atoms with van der Waals surface area (Å²) in [7, 11) is 0. The van der Waals surface area contributed by atoms with Crippen molar-refractivity contribution in [1.82, 2.24) is 10.3 Å². The maximum Gasteiger partial charge on any atom is 0.415 e. The molecule has 0 radical (unpaired) electrons. The van der Waals surface area contributed by atoms with Crippen molar-refractivity contribution in [2.24, 2.45) is 0 Å². The van der Waals surface area contributed by atoms with E-state index in [1.165, 1.54) is 6.92 Å². The molecule has 1 N–H and O–H groups in total. The number of hydrogen-bond acceptors (Lipinski definition) is 5. The average Bonchev–Trinajstić information content (AvgIpc) is 3.17. The summed E-state index contributed by atoms with van der Waals surface area (Å²) in [5, 5.41) is 11.6. The number of rotatable bonds is 3. The standard InChI is InChI=1S/C19H16N4O3/c1-11(24)21-10-18-17-7-14-6-13(15-4-2-12(8-20)9-22-15)3-5-16(14)23(17)19(25)26-18/h2-6,9,17-18H,7,10H2,1H3,(H,21,24). The van der Waals surface area contributed by atoms with Gasteiger partial charge in [-0.2, -0.15) is 5.26 Å². The number of carbonyl (C=O) groups excluding carboxylic acids is 2. The first-order valence-corrected chi connectivity index (χ1v) is 8.30. The Morgan fingerprint density at radius 1 is 1.42 bits per heavy atom. The lowest BCUT2D eigenvalue weighted by Gasteiger charge is -2.16. The van der Waals surface area contributed by atoms with Crippen molar-refractivity contribution in [3.05, 3.63) is 47.7 Å². The molecule has 0 aliphatic carbocycles. The molecule has 2 aliphatic rings. The van der Waals surface area contributed by atoms with Crippen LogP contribution in [0.25, 0.3) is 11.3 Å². The number of carbonyl (C=O) groups is 2. The van der Waals surface area contributed by atoms with Gasteiger partial charge in [0.2, 0.25) is 5.91 Å². The van der Waals surface area contributed by atoms with Crippen LogP contribution in [0.3, 0.4) is 0 Å². The van der Waals surface area contributed by atoms with Crippen LogP contribution in [0.4, 0.5) is 10.5 Å². The second-order valence-corrected chi connectivity index (χ2v) is 6.39.